The lowest BCUT2D eigenvalue weighted by Crippen LogP contribution is -2.66. The molecule has 0 heterocycles. The van der Waals surface area contributed by atoms with Crippen LogP contribution in [0.2, 0.25) is 0 Å². The Morgan fingerprint density at radius 3 is 2.17 bits per heavy atom. The number of carbonyl (C=O) groups excluding carboxylic acids is 1. The molecule has 0 aliphatic heterocycles. The molecule has 4 bridgehead atoms. The van der Waals surface area contributed by atoms with E-state index in [0.29, 0.717) is 17.8 Å². The summed E-state index contributed by atoms with van der Waals surface area (Å²) in [5.74, 6) is 1.24. The molecule has 4 rings (SSSR count). The zero-order valence-electron chi connectivity index (χ0n) is 14.4. The predicted molar refractivity (Wildman–Crippen MR) is 87.4 cm³/mol. The normalized spacial score (nSPS) is 39.3. The molecule has 0 aromatic carbocycles. The number of carbonyl (C=O) groups is 1. The van der Waals surface area contributed by atoms with Crippen LogP contribution in [0.25, 0.3) is 0 Å². The highest BCUT2D eigenvalue weighted by atomic mass is 32.2. The molecule has 0 saturated heterocycles. The average molecular weight is 344 g/mol. The van der Waals surface area contributed by atoms with E-state index in [4.69, 9.17) is 4.74 Å². The van der Waals surface area contributed by atoms with Gasteiger partial charge in [0.05, 0.1) is 6.26 Å². The summed E-state index contributed by atoms with van der Waals surface area (Å²) in [6.45, 7) is 5.57. The van der Waals surface area contributed by atoms with Gasteiger partial charge in [-0.2, -0.15) is 0 Å². The minimum absolute atomic E-state index is 0.107. The van der Waals surface area contributed by atoms with Crippen molar-refractivity contribution in [2.24, 2.45) is 17.8 Å². The third-order valence-corrected chi connectivity index (χ3v) is 6.16. The molecule has 4 aliphatic carbocycles. The van der Waals surface area contributed by atoms with Crippen molar-refractivity contribution >= 4 is 16.1 Å². The van der Waals surface area contributed by atoms with Gasteiger partial charge in [0, 0.05) is 11.6 Å². The van der Waals surface area contributed by atoms with Crippen LogP contribution in [0.5, 0.6) is 0 Å². The fraction of sp³-hybridized carbons (Fsp3) is 0.938. The first-order valence-electron chi connectivity index (χ1n) is 8.43. The highest BCUT2D eigenvalue weighted by Crippen LogP contribution is 2.55. The quantitative estimate of drug-likeness (QED) is 0.820. The van der Waals surface area contributed by atoms with Gasteiger partial charge in [0.1, 0.15) is 5.60 Å². The monoisotopic (exact) mass is 344 g/mol. The summed E-state index contributed by atoms with van der Waals surface area (Å²) in [4.78, 5) is 12.1. The van der Waals surface area contributed by atoms with E-state index in [9.17, 15) is 13.2 Å². The molecule has 7 heteroatoms. The smallest absolute Gasteiger partial charge is 0.407 e. The lowest BCUT2D eigenvalue weighted by Gasteiger charge is -2.59. The molecule has 23 heavy (non-hydrogen) atoms. The second-order valence-corrected chi connectivity index (χ2v) is 10.5. The minimum atomic E-state index is -3.21. The molecule has 2 unspecified atom stereocenters. The molecule has 0 aromatic heterocycles. The van der Waals surface area contributed by atoms with Crippen molar-refractivity contribution in [3.8, 4) is 0 Å². The van der Waals surface area contributed by atoms with E-state index in [0.717, 1.165) is 32.1 Å². The van der Waals surface area contributed by atoms with Crippen molar-refractivity contribution < 1.29 is 17.9 Å². The Morgan fingerprint density at radius 2 is 1.70 bits per heavy atom. The second-order valence-electron chi connectivity index (χ2n) is 8.80. The van der Waals surface area contributed by atoms with Gasteiger partial charge in [-0.3, -0.25) is 0 Å². The van der Waals surface area contributed by atoms with Crippen molar-refractivity contribution in [1.82, 2.24) is 10.0 Å². The zero-order chi connectivity index (χ0) is 17.0. The third kappa shape index (κ3) is 3.82. The Kier molecular flexibility index (Phi) is 3.95. The van der Waals surface area contributed by atoms with Gasteiger partial charge < -0.3 is 10.1 Å². The number of nitrogens with one attached hydrogen (secondary N) is 2. The van der Waals surface area contributed by atoms with Crippen LogP contribution in [-0.4, -0.2) is 37.9 Å². The molecule has 2 N–H and O–H groups in total. The zero-order valence-corrected chi connectivity index (χ0v) is 15.2. The second kappa shape index (κ2) is 5.34. The largest absolute Gasteiger partial charge is 0.444 e. The Balaban J connectivity index is 1.71. The van der Waals surface area contributed by atoms with Crippen LogP contribution in [-0.2, 0) is 14.8 Å². The van der Waals surface area contributed by atoms with Crippen molar-refractivity contribution in [3.05, 3.63) is 0 Å². The summed E-state index contributed by atoms with van der Waals surface area (Å²) >= 11 is 0. The first kappa shape index (κ1) is 17.0. The maximum Gasteiger partial charge on any atom is 0.407 e. The van der Waals surface area contributed by atoms with Gasteiger partial charge in [-0.15, -0.1) is 0 Å². The molecule has 132 valence electrons. The van der Waals surface area contributed by atoms with Crippen LogP contribution in [0, 0.1) is 17.8 Å². The van der Waals surface area contributed by atoms with E-state index in [1.165, 1.54) is 6.26 Å². The number of amides is 1. The van der Waals surface area contributed by atoms with Gasteiger partial charge in [0.15, 0.2) is 0 Å². The first-order chi connectivity index (χ1) is 10.4. The summed E-state index contributed by atoms with van der Waals surface area (Å²) in [6.07, 6.45) is 5.59. The van der Waals surface area contributed by atoms with Crippen LogP contribution < -0.4 is 10.0 Å². The Morgan fingerprint density at radius 1 is 1.13 bits per heavy atom. The summed E-state index contributed by atoms with van der Waals surface area (Å²) < 4.78 is 31.8. The molecule has 2 atom stereocenters. The summed E-state index contributed by atoms with van der Waals surface area (Å²) in [6, 6.07) is 0.107. The van der Waals surface area contributed by atoms with E-state index >= 15 is 0 Å². The highest BCUT2D eigenvalue weighted by molar-refractivity contribution is 7.88. The molecule has 0 radical (unpaired) electrons. The highest BCUT2D eigenvalue weighted by Gasteiger charge is 2.56. The predicted octanol–water partition coefficient (Wildman–Crippen LogP) is 2.01. The van der Waals surface area contributed by atoms with Crippen LogP contribution in [0.4, 0.5) is 4.79 Å². The van der Waals surface area contributed by atoms with Gasteiger partial charge in [-0.05, 0) is 70.6 Å². The first-order valence-corrected chi connectivity index (χ1v) is 10.3. The number of alkyl carbamates (subject to hydrolysis) is 1. The molecular weight excluding hydrogens is 316 g/mol. The van der Waals surface area contributed by atoms with E-state index in [1.807, 2.05) is 20.8 Å². The number of rotatable bonds is 3. The summed E-state index contributed by atoms with van der Waals surface area (Å²) in [5, 5.41) is 3.06. The maximum atomic E-state index is 12.1. The van der Waals surface area contributed by atoms with Crippen molar-refractivity contribution in [3.63, 3.8) is 0 Å². The van der Waals surface area contributed by atoms with Gasteiger partial charge in [-0.1, -0.05) is 0 Å². The topological polar surface area (TPSA) is 84.5 Å². The van der Waals surface area contributed by atoms with Gasteiger partial charge in [0.25, 0.3) is 0 Å². The molecule has 4 aliphatic rings. The third-order valence-electron chi connectivity index (χ3n) is 5.36. The van der Waals surface area contributed by atoms with E-state index < -0.39 is 15.6 Å². The van der Waals surface area contributed by atoms with Crippen LogP contribution in [0.15, 0.2) is 0 Å². The van der Waals surface area contributed by atoms with Crippen molar-refractivity contribution in [2.45, 2.75) is 70.1 Å². The molecule has 6 nitrogen and oxygen atoms in total. The maximum absolute atomic E-state index is 12.1. The van der Waals surface area contributed by atoms with Gasteiger partial charge >= 0.3 is 6.09 Å². The Hall–Kier alpha value is -0.820. The average Bonchev–Trinajstić information content (AvgIpc) is 2.27. The molecule has 4 fully saturated rings. The van der Waals surface area contributed by atoms with Gasteiger partial charge in [0.2, 0.25) is 10.0 Å². The number of hydrogen-bond acceptors (Lipinski definition) is 4. The summed E-state index contributed by atoms with van der Waals surface area (Å²) in [5.41, 5.74) is -0.800. The summed E-state index contributed by atoms with van der Waals surface area (Å²) in [7, 11) is -3.21. The minimum Gasteiger partial charge on any atom is -0.444 e. The number of hydrogen-bond donors (Lipinski definition) is 2. The molecule has 0 spiro atoms. The Bertz CT molecular complexity index is 580. The fourth-order valence-corrected chi connectivity index (χ4v) is 6.26. The van der Waals surface area contributed by atoms with Gasteiger partial charge in [-0.25, -0.2) is 17.9 Å². The lowest BCUT2D eigenvalue weighted by atomic mass is 9.51. The van der Waals surface area contributed by atoms with Crippen LogP contribution >= 0.6 is 0 Å². The number of sulfonamides is 1. The van der Waals surface area contributed by atoms with Crippen molar-refractivity contribution in [2.75, 3.05) is 6.26 Å². The van der Waals surface area contributed by atoms with Crippen molar-refractivity contribution in [1.29, 1.82) is 0 Å². The molecule has 1 amide bonds. The lowest BCUT2D eigenvalue weighted by molar-refractivity contribution is -0.0402. The van der Waals surface area contributed by atoms with Crippen LogP contribution in [0.1, 0.15) is 52.9 Å². The molecule has 4 saturated carbocycles. The van der Waals surface area contributed by atoms with Crippen LogP contribution in [0.3, 0.4) is 0 Å². The Labute approximate surface area is 138 Å². The van der Waals surface area contributed by atoms with E-state index in [1.54, 1.807) is 0 Å². The standard InChI is InChI=1S/C16H28N2O4S/c1-15(2,3)22-14(19)17-13-11-5-10-6-12(13)9-16(7-10,8-11)18-23(4,20)21/h10-13,18H,5-9H2,1-4H3,(H,17,19). The van der Waals surface area contributed by atoms with E-state index in [2.05, 4.69) is 10.0 Å². The molecule has 0 aromatic rings. The number of ether oxygens (including phenoxy) is 1. The molecular formula is C16H28N2O4S. The van der Waals surface area contributed by atoms with E-state index in [-0.39, 0.29) is 17.7 Å². The fourth-order valence-electron chi connectivity index (χ4n) is 5.22. The SMILES string of the molecule is CC(C)(C)OC(=O)NC1C2CC3CC1CC(NS(C)(=O)=O)(C3)C2.